The Morgan fingerprint density at radius 2 is 2.44 bits per heavy atom. The third-order valence-electron chi connectivity index (χ3n) is 2.85. The van der Waals surface area contributed by atoms with E-state index in [-0.39, 0.29) is 11.8 Å². The number of hydrogen-bond acceptors (Lipinski definition) is 3. The van der Waals surface area contributed by atoms with Gasteiger partial charge in [-0.2, -0.15) is 0 Å². The lowest BCUT2D eigenvalue weighted by Crippen LogP contribution is -2.25. The molecule has 2 N–H and O–H groups in total. The number of carbonyl (C=O) groups is 1. The largest absolute Gasteiger partial charge is 0.330 e. The van der Waals surface area contributed by atoms with Crippen LogP contribution in [0, 0.1) is 12.8 Å². The molecule has 0 bridgehead atoms. The Morgan fingerprint density at radius 1 is 1.69 bits per heavy atom. The zero-order valence-electron chi connectivity index (χ0n) is 9.11. The standard InChI is InChI=1S/C11H14BrN3O/c1-7-2-9(5-14-11(7)12)15-6-8(4-13)3-10(15)16/h2,5,8H,3-4,6,13H2,1H3. The number of amides is 1. The second-order valence-electron chi connectivity index (χ2n) is 4.11. The van der Waals surface area contributed by atoms with E-state index in [1.54, 1.807) is 11.1 Å². The van der Waals surface area contributed by atoms with Gasteiger partial charge in [0.05, 0.1) is 11.9 Å². The Kier molecular flexibility index (Phi) is 3.25. The normalized spacial score (nSPS) is 20.6. The minimum Gasteiger partial charge on any atom is -0.330 e. The van der Waals surface area contributed by atoms with Gasteiger partial charge in [0, 0.05) is 13.0 Å². The fourth-order valence-corrected chi connectivity index (χ4v) is 2.10. The van der Waals surface area contributed by atoms with E-state index in [2.05, 4.69) is 20.9 Å². The maximum absolute atomic E-state index is 11.8. The third kappa shape index (κ3) is 2.10. The first kappa shape index (κ1) is 11.5. The smallest absolute Gasteiger partial charge is 0.227 e. The monoisotopic (exact) mass is 283 g/mol. The van der Waals surface area contributed by atoms with Gasteiger partial charge < -0.3 is 10.6 Å². The number of carbonyl (C=O) groups excluding carboxylic acids is 1. The van der Waals surface area contributed by atoms with Crippen LogP contribution in [-0.2, 0) is 4.79 Å². The highest BCUT2D eigenvalue weighted by molar-refractivity contribution is 9.10. The average molecular weight is 284 g/mol. The van der Waals surface area contributed by atoms with Crippen LogP contribution in [0.3, 0.4) is 0 Å². The van der Waals surface area contributed by atoms with Crippen molar-refractivity contribution in [3.05, 3.63) is 22.4 Å². The van der Waals surface area contributed by atoms with E-state index in [9.17, 15) is 4.79 Å². The summed E-state index contributed by atoms with van der Waals surface area (Å²) in [4.78, 5) is 17.7. The van der Waals surface area contributed by atoms with Crippen LogP contribution in [0.2, 0.25) is 0 Å². The van der Waals surface area contributed by atoms with E-state index in [1.165, 1.54) is 0 Å². The first-order valence-corrected chi connectivity index (χ1v) is 6.03. The molecule has 1 aromatic rings. The molecular formula is C11H14BrN3O. The molecule has 1 aliphatic heterocycles. The van der Waals surface area contributed by atoms with E-state index < -0.39 is 0 Å². The molecule has 2 heterocycles. The number of nitrogens with two attached hydrogens (primary N) is 1. The van der Waals surface area contributed by atoms with Crippen molar-refractivity contribution < 1.29 is 4.79 Å². The molecule has 1 unspecified atom stereocenters. The number of rotatable bonds is 2. The van der Waals surface area contributed by atoms with Gasteiger partial charge in [-0.3, -0.25) is 4.79 Å². The molecule has 1 atom stereocenters. The quantitative estimate of drug-likeness (QED) is 0.836. The predicted molar refractivity (Wildman–Crippen MR) is 66.2 cm³/mol. The SMILES string of the molecule is Cc1cc(N2CC(CN)CC2=O)cnc1Br. The van der Waals surface area contributed by atoms with Crippen molar-refractivity contribution in [2.45, 2.75) is 13.3 Å². The summed E-state index contributed by atoms with van der Waals surface area (Å²) in [5.74, 6) is 0.412. The maximum atomic E-state index is 11.8. The summed E-state index contributed by atoms with van der Waals surface area (Å²) in [5, 5.41) is 0. The summed E-state index contributed by atoms with van der Waals surface area (Å²) in [7, 11) is 0. The molecule has 16 heavy (non-hydrogen) atoms. The summed E-state index contributed by atoms with van der Waals surface area (Å²) >= 11 is 3.34. The molecule has 1 aromatic heterocycles. The van der Waals surface area contributed by atoms with Crippen molar-refractivity contribution in [1.82, 2.24) is 4.98 Å². The number of hydrogen-bond donors (Lipinski definition) is 1. The van der Waals surface area contributed by atoms with Crippen LogP contribution >= 0.6 is 15.9 Å². The highest BCUT2D eigenvalue weighted by Crippen LogP contribution is 2.26. The molecule has 1 aliphatic rings. The van der Waals surface area contributed by atoms with Gasteiger partial charge in [0.1, 0.15) is 4.60 Å². The second-order valence-corrected chi connectivity index (χ2v) is 4.86. The molecule has 4 nitrogen and oxygen atoms in total. The Labute approximate surface area is 103 Å². The molecule has 86 valence electrons. The summed E-state index contributed by atoms with van der Waals surface area (Å²) in [6.07, 6.45) is 2.26. The second kappa shape index (κ2) is 4.51. The van der Waals surface area contributed by atoms with Crippen molar-refractivity contribution in [3.63, 3.8) is 0 Å². The van der Waals surface area contributed by atoms with Gasteiger partial charge in [-0.1, -0.05) is 0 Å². The minimum atomic E-state index is 0.138. The van der Waals surface area contributed by atoms with E-state index in [0.29, 0.717) is 19.5 Å². The summed E-state index contributed by atoms with van der Waals surface area (Å²) in [6, 6.07) is 1.97. The number of halogens is 1. The van der Waals surface area contributed by atoms with Crippen LogP contribution in [0.5, 0.6) is 0 Å². The first-order chi connectivity index (χ1) is 7.61. The van der Waals surface area contributed by atoms with E-state index in [4.69, 9.17) is 5.73 Å². The van der Waals surface area contributed by atoms with Gasteiger partial charge in [-0.25, -0.2) is 4.98 Å². The highest BCUT2D eigenvalue weighted by Gasteiger charge is 2.29. The summed E-state index contributed by atoms with van der Waals surface area (Å²) in [5.41, 5.74) is 7.48. The summed E-state index contributed by atoms with van der Waals surface area (Å²) < 4.78 is 0.818. The molecule has 2 rings (SSSR count). The van der Waals surface area contributed by atoms with Gasteiger partial charge in [0.15, 0.2) is 0 Å². The molecule has 1 fully saturated rings. The Bertz CT molecular complexity index is 422. The first-order valence-electron chi connectivity index (χ1n) is 5.24. The topological polar surface area (TPSA) is 59.2 Å². The molecule has 0 spiro atoms. The van der Waals surface area contributed by atoms with Crippen LogP contribution < -0.4 is 10.6 Å². The van der Waals surface area contributed by atoms with Crippen LogP contribution in [0.25, 0.3) is 0 Å². The molecule has 0 saturated carbocycles. The van der Waals surface area contributed by atoms with Gasteiger partial charge in [-0.15, -0.1) is 0 Å². The number of aromatic nitrogens is 1. The highest BCUT2D eigenvalue weighted by atomic mass is 79.9. The van der Waals surface area contributed by atoms with Crippen LogP contribution in [0.15, 0.2) is 16.9 Å². The fourth-order valence-electron chi connectivity index (χ4n) is 1.88. The van der Waals surface area contributed by atoms with E-state index in [0.717, 1.165) is 15.9 Å². The van der Waals surface area contributed by atoms with Gasteiger partial charge >= 0.3 is 0 Å². The van der Waals surface area contributed by atoms with Crippen LogP contribution in [0.1, 0.15) is 12.0 Å². The van der Waals surface area contributed by atoms with Crippen molar-refractivity contribution in [1.29, 1.82) is 0 Å². The maximum Gasteiger partial charge on any atom is 0.227 e. The average Bonchev–Trinajstić information content (AvgIpc) is 2.64. The molecule has 0 aromatic carbocycles. The van der Waals surface area contributed by atoms with Crippen molar-refractivity contribution in [2.24, 2.45) is 11.7 Å². The Morgan fingerprint density at radius 3 is 3.00 bits per heavy atom. The lowest BCUT2D eigenvalue weighted by molar-refractivity contribution is -0.117. The molecular weight excluding hydrogens is 270 g/mol. The van der Waals surface area contributed by atoms with Crippen molar-refractivity contribution in [2.75, 3.05) is 18.0 Å². The molecule has 1 amide bonds. The molecule has 0 aliphatic carbocycles. The van der Waals surface area contributed by atoms with Gasteiger partial charge in [0.25, 0.3) is 0 Å². The molecule has 1 saturated heterocycles. The lowest BCUT2D eigenvalue weighted by atomic mass is 10.1. The van der Waals surface area contributed by atoms with Crippen LogP contribution in [-0.4, -0.2) is 24.0 Å². The number of aryl methyl sites for hydroxylation is 1. The number of anilines is 1. The lowest BCUT2D eigenvalue weighted by Gasteiger charge is -2.16. The summed E-state index contributed by atoms with van der Waals surface area (Å²) in [6.45, 7) is 3.23. The van der Waals surface area contributed by atoms with Crippen molar-refractivity contribution >= 4 is 27.5 Å². The zero-order chi connectivity index (χ0) is 11.7. The minimum absolute atomic E-state index is 0.138. The predicted octanol–water partition coefficient (Wildman–Crippen LogP) is 1.46. The van der Waals surface area contributed by atoms with E-state index >= 15 is 0 Å². The number of nitrogens with zero attached hydrogens (tertiary/aromatic N) is 2. The zero-order valence-corrected chi connectivity index (χ0v) is 10.7. The number of pyridine rings is 1. The van der Waals surface area contributed by atoms with Gasteiger partial charge in [-0.05, 0) is 46.9 Å². The third-order valence-corrected chi connectivity index (χ3v) is 3.68. The van der Waals surface area contributed by atoms with Gasteiger partial charge in [0.2, 0.25) is 5.91 Å². The van der Waals surface area contributed by atoms with Crippen LogP contribution in [0.4, 0.5) is 5.69 Å². The fraction of sp³-hybridized carbons (Fsp3) is 0.455. The molecule has 0 radical (unpaired) electrons. The van der Waals surface area contributed by atoms with Crippen molar-refractivity contribution in [3.8, 4) is 0 Å². The Hall–Kier alpha value is -0.940. The molecule has 5 heteroatoms. The Balaban J connectivity index is 2.24. The van der Waals surface area contributed by atoms with E-state index in [1.807, 2.05) is 13.0 Å².